The number of rotatable bonds is 6. The summed E-state index contributed by atoms with van der Waals surface area (Å²) >= 11 is 0. The van der Waals surface area contributed by atoms with Crippen molar-refractivity contribution in [1.29, 1.82) is 0 Å². The Kier molecular flexibility index (Phi) is 9.69. The highest BCUT2D eigenvalue weighted by Crippen LogP contribution is 2.27. The van der Waals surface area contributed by atoms with Crippen LogP contribution in [0.25, 0.3) is 0 Å². The number of hydrogen-bond donors (Lipinski definition) is 1. The SMILES string of the molecule is CC1(C)CCCC(C)(C)N1.CCCCCC(OC)OC. The molecule has 1 saturated heterocycles. The lowest BCUT2D eigenvalue weighted by molar-refractivity contribution is -0.107. The summed E-state index contributed by atoms with van der Waals surface area (Å²) in [7, 11) is 3.36. The van der Waals surface area contributed by atoms with Gasteiger partial charge in [0.2, 0.25) is 0 Å². The van der Waals surface area contributed by atoms with Gasteiger partial charge in [-0.05, 0) is 59.8 Å². The zero-order valence-electron chi connectivity index (χ0n) is 14.8. The van der Waals surface area contributed by atoms with Crippen molar-refractivity contribution in [2.45, 2.75) is 96.9 Å². The van der Waals surface area contributed by atoms with E-state index >= 15 is 0 Å². The van der Waals surface area contributed by atoms with Gasteiger partial charge in [-0.3, -0.25) is 0 Å². The van der Waals surface area contributed by atoms with Crippen LogP contribution < -0.4 is 5.32 Å². The van der Waals surface area contributed by atoms with Crippen LogP contribution in [0.15, 0.2) is 0 Å². The molecule has 0 unspecified atom stereocenters. The Bertz CT molecular complexity index is 221. The van der Waals surface area contributed by atoms with Crippen LogP contribution in [0, 0.1) is 0 Å². The van der Waals surface area contributed by atoms with Gasteiger partial charge in [0, 0.05) is 25.3 Å². The van der Waals surface area contributed by atoms with Crippen LogP contribution in [0.1, 0.15) is 79.6 Å². The fourth-order valence-corrected chi connectivity index (χ4v) is 2.91. The number of ether oxygens (including phenoxy) is 2. The molecule has 0 spiro atoms. The van der Waals surface area contributed by atoms with Gasteiger partial charge in [0.25, 0.3) is 0 Å². The van der Waals surface area contributed by atoms with E-state index in [9.17, 15) is 0 Å². The molecule has 0 atom stereocenters. The van der Waals surface area contributed by atoms with Crippen LogP contribution in [-0.2, 0) is 9.47 Å². The zero-order chi connectivity index (χ0) is 15.6. The minimum Gasteiger partial charge on any atom is -0.356 e. The second kappa shape index (κ2) is 9.75. The molecule has 20 heavy (non-hydrogen) atoms. The monoisotopic (exact) mass is 287 g/mol. The third-order valence-corrected chi connectivity index (χ3v) is 3.85. The van der Waals surface area contributed by atoms with Gasteiger partial charge in [0.15, 0.2) is 6.29 Å². The Morgan fingerprint density at radius 3 is 1.75 bits per heavy atom. The van der Waals surface area contributed by atoms with E-state index in [1.807, 2.05) is 0 Å². The van der Waals surface area contributed by atoms with E-state index in [2.05, 4.69) is 39.9 Å². The second-order valence-corrected chi connectivity index (χ2v) is 7.14. The predicted molar refractivity (Wildman–Crippen MR) is 87.1 cm³/mol. The van der Waals surface area contributed by atoms with Crippen molar-refractivity contribution in [3.63, 3.8) is 0 Å². The summed E-state index contributed by atoms with van der Waals surface area (Å²) in [4.78, 5) is 0. The van der Waals surface area contributed by atoms with Crippen molar-refractivity contribution < 1.29 is 9.47 Å². The van der Waals surface area contributed by atoms with E-state index in [0.29, 0.717) is 11.1 Å². The highest BCUT2D eigenvalue weighted by Gasteiger charge is 2.31. The smallest absolute Gasteiger partial charge is 0.156 e. The summed E-state index contributed by atoms with van der Waals surface area (Å²) in [5, 5.41) is 3.63. The second-order valence-electron chi connectivity index (χ2n) is 7.14. The number of unbranched alkanes of at least 4 members (excludes halogenated alkanes) is 2. The highest BCUT2D eigenvalue weighted by molar-refractivity contribution is 4.92. The summed E-state index contributed by atoms with van der Waals surface area (Å²) in [6.45, 7) is 11.3. The third kappa shape index (κ3) is 9.73. The maximum Gasteiger partial charge on any atom is 0.156 e. The first-order valence-corrected chi connectivity index (χ1v) is 8.11. The van der Waals surface area contributed by atoms with E-state index in [1.54, 1.807) is 14.2 Å². The largest absolute Gasteiger partial charge is 0.356 e. The predicted octanol–water partition coefficient (Wildman–Crippen LogP) is 4.50. The molecule has 1 N–H and O–H groups in total. The first kappa shape index (κ1) is 19.9. The minimum absolute atomic E-state index is 0.00606. The van der Waals surface area contributed by atoms with Crippen LogP contribution in [0.5, 0.6) is 0 Å². The summed E-state index contributed by atoms with van der Waals surface area (Å²) in [6, 6.07) is 0. The molecule has 1 heterocycles. The summed E-state index contributed by atoms with van der Waals surface area (Å²) in [5.74, 6) is 0. The highest BCUT2D eigenvalue weighted by atomic mass is 16.7. The Labute approximate surface area is 126 Å². The number of methoxy groups -OCH3 is 2. The molecule has 1 rings (SSSR count). The minimum atomic E-state index is 0.00606. The molecular weight excluding hydrogens is 250 g/mol. The average Bonchev–Trinajstić information content (AvgIpc) is 2.33. The van der Waals surface area contributed by atoms with Crippen LogP contribution in [-0.4, -0.2) is 31.6 Å². The maximum atomic E-state index is 5.02. The van der Waals surface area contributed by atoms with E-state index < -0.39 is 0 Å². The molecule has 0 amide bonds. The topological polar surface area (TPSA) is 30.5 Å². The average molecular weight is 287 g/mol. The Balaban J connectivity index is 0.000000361. The summed E-state index contributed by atoms with van der Waals surface area (Å²) in [6.07, 6.45) is 8.74. The van der Waals surface area contributed by atoms with Crippen molar-refractivity contribution in [3.05, 3.63) is 0 Å². The van der Waals surface area contributed by atoms with E-state index in [-0.39, 0.29) is 6.29 Å². The van der Waals surface area contributed by atoms with Gasteiger partial charge in [-0.2, -0.15) is 0 Å². The maximum absolute atomic E-state index is 5.02. The quantitative estimate of drug-likeness (QED) is 0.576. The van der Waals surface area contributed by atoms with Crippen LogP contribution >= 0.6 is 0 Å². The molecule has 1 aliphatic heterocycles. The molecule has 0 saturated carbocycles. The molecule has 0 aromatic heterocycles. The third-order valence-electron chi connectivity index (χ3n) is 3.85. The summed E-state index contributed by atoms with van der Waals surface area (Å²) < 4.78 is 10.0. The van der Waals surface area contributed by atoms with Gasteiger partial charge in [-0.15, -0.1) is 0 Å². The molecule has 0 aromatic carbocycles. The fraction of sp³-hybridized carbons (Fsp3) is 1.00. The summed E-state index contributed by atoms with van der Waals surface area (Å²) in [5.41, 5.74) is 0.726. The normalized spacial score (nSPS) is 20.4. The van der Waals surface area contributed by atoms with Crippen LogP contribution in [0.3, 0.4) is 0 Å². The van der Waals surface area contributed by atoms with Crippen molar-refractivity contribution in [2.24, 2.45) is 0 Å². The molecule has 3 heteroatoms. The zero-order valence-corrected chi connectivity index (χ0v) is 14.8. The van der Waals surface area contributed by atoms with Crippen molar-refractivity contribution in [1.82, 2.24) is 5.32 Å². The van der Waals surface area contributed by atoms with Gasteiger partial charge in [-0.1, -0.05) is 19.8 Å². The Morgan fingerprint density at radius 1 is 0.950 bits per heavy atom. The van der Waals surface area contributed by atoms with Gasteiger partial charge >= 0.3 is 0 Å². The van der Waals surface area contributed by atoms with Gasteiger partial charge < -0.3 is 14.8 Å². The Hall–Kier alpha value is -0.120. The first-order valence-electron chi connectivity index (χ1n) is 8.11. The molecule has 3 nitrogen and oxygen atoms in total. The lowest BCUT2D eigenvalue weighted by atomic mass is 9.83. The van der Waals surface area contributed by atoms with E-state index in [0.717, 1.165) is 6.42 Å². The molecule has 122 valence electrons. The molecule has 0 aliphatic carbocycles. The lowest BCUT2D eigenvalue weighted by Crippen LogP contribution is -2.55. The number of hydrogen-bond acceptors (Lipinski definition) is 3. The molecule has 0 aromatic rings. The Morgan fingerprint density at radius 2 is 1.45 bits per heavy atom. The molecule has 0 bridgehead atoms. The molecule has 1 aliphatic rings. The van der Waals surface area contributed by atoms with Gasteiger partial charge in [0.05, 0.1) is 0 Å². The lowest BCUT2D eigenvalue weighted by Gasteiger charge is -2.42. The fourth-order valence-electron chi connectivity index (χ4n) is 2.91. The van der Waals surface area contributed by atoms with E-state index in [4.69, 9.17) is 9.47 Å². The van der Waals surface area contributed by atoms with Gasteiger partial charge in [-0.25, -0.2) is 0 Å². The number of nitrogens with one attached hydrogen (secondary N) is 1. The number of piperidine rings is 1. The van der Waals surface area contributed by atoms with Gasteiger partial charge in [0.1, 0.15) is 0 Å². The first-order chi connectivity index (χ1) is 9.26. The molecule has 1 fully saturated rings. The van der Waals surface area contributed by atoms with E-state index in [1.165, 1.54) is 38.5 Å². The van der Waals surface area contributed by atoms with Crippen molar-refractivity contribution >= 4 is 0 Å². The van der Waals surface area contributed by atoms with Crippen LogP contribution in [0.2, 0.25) is 0 Å². The van der Waals surface area contributed by atoms with Crippen molar-refractivity contribution in [2.75, 3.05) is 14.2 Å². The standard InChI is InChI=1S/C9H19N.C8H18O2/c1-8(2)6-5-7-9(3,4)10-8;1-4-5-6-7-8(9-2)10-3/h10H,5-7H2,1-4H3;8H,4-7H2,1-3H3. The van der Waals surface area contributed by atoms with Crippen LogP contribution in [0.4, 0.5) is 0 Å². The molecule has 0 radical (unpaired) electrons. The van der Waals surface area contributed by atoms with Crippen molar-refractivity contribution in [3.8, 4) is 0 Å². The molecular formula is C17H37NO2.